The van der Waals surface area contributed by atoms with Crippen LogP contribution in [0.15, 0.2) is 4.21 Å². The van der Waals surface area contributed by atoms with Crippen LogP contribution in [-0.4, -0.2) is 55.8 Å². The molecule has 2 rings (SSSR count). The van der Waals surface area contributed by atoms with Crippen LogP contribution in [0, 0.1) is 6.92 Å². The molecule has 1 fully saturated rings. The first kappa shape index (κ1) is 13.2. The Morgan fingerprint density at radius 1 is 1.29 bits per heavy atom. The molecule has 0 radical (unpaired) electrons. The Labute approximate surface area is 110 Å². The number of halogens is 1. The average molecular weight is 296 g/mol. The Kier molecular flexibility index (Phi) is 3.74. The van der Waals surface area contributed by atoms with Crippen molar-refractivity contribution < 1.29 is 8.42 Å². The molecule has 0 N–H and O–H groups in total. The zero-order valence-corrected chi connectivity index (χ0v) is 12.1. The van der Waals surface area contributed by atoms with Gasteiger partial charge in [0.05, 0.1) is 5.69 Å². The van der Waals surface area contributed by atoms with E-state index in [2.05, 4.69) is 9.88 Å². The zero-order chi connectivity index (χ0) is 12.6. The van der Waals surface area contributed by atoms with E-state index >= 15 is 0 Å². The molecule has 0 aromatic carbocycles. The number of aromatic nitrogens is 1. The van der Waals surface area contributed by atoms with Gasteiger partial charge in [-0.1, -0.05) is 22.9 Å². The van der Waals surface area contributed by atoms with Gasteiger partial charge >= 0.3 is 0 Å². The Hall–Kier alpha value is -0.210. The quantitative estimate of drug-likeness (QED) is 0.818. The van der Waals surface area contributed by atoms with Gasteiger partial charge in [-0.2, -0.15) is 4.31 Å². The summed E-state index contributed by atoms with van der Waals surface area (Å²) in [6, 6.07) is 0. The van der Waals surface area contributed by atoms with Gasteiger partial charge < -0.3 is 4.90 Å². The second-order valence-electron chi connectivity index (χ2n) is 4.05. The first-order valence-electron chi connectivity index (χ1n) is 5.23. The summed E-state index contributed by atoms with van der Waals surface area (Å²) < 4.78 is 26.7. The van der Waals surface area contributed by atoms with Crippen molar-refractivity contribution in [2.45, 2.75) is 11.1 Å². The predicted octanol–water partition coefficient (Wildman–Crippen LogP) is 1.04. The third-order valence-corrected chi connectivity index (χ3v) is 6.51. The molecule has 0 saturated carbocycles. The lowest BCUT2D eigenvalue weighted by molar-refractivity contribution is 0.222. The third kappa shape index (κ3) is 2.63. The highest BCUT2D eigenvalue weighted by Gasteiger charge is 2.30. The maximum atomic E-state index is 12.3. The molecule has 2 heterocycles. The van der Waals surface area contributed by atoms with Crippen LogP contribution in [-0.2, 0) is 10.0 Å². The first-order chi connectivity index (χ1) is 7.91. The summed E-state index contributed by atoms with van der Waals surface area (Å²) in [6.45, 7) is 4.22. The van der Waals surface area contributed by atoms with Crippen molar-refractivity contribution in [3.8, 4) is 0 Å². The largest absolute Gasteiger partial charge is 0.304 e. The standard InChI is InChI=1S/C9H14ClN3O2S2/c1-7-8(16-9(10)11-7)17(14,15)13-5-3-12(2)4-6-13/h3-6H2,1-2H3. The first-order valence-corrected chi connectivity index (χ1v) is 7.86. The number of nitrogens with zero attached hydrogens (tertiary/aromatic N) is 3. The molecule has 0 bridgehead atoms. The van der Waals surface area contributed by atoms with E-state index in [0.717, 1.165) is 24.4 Å². The van der Waals surface area contributed by atoms with Gasteiger partial charge in [-0.05, 0) is 14.0 Å². The Morgan fingerprint density at radius 3 is 2.35 bits per heavy atom. The van der Waals surface area contributed by atoms with Gasteiger partial charge in [0.1, 0.15) is 0 Å². The van der Waals surface area contributed by atoms with E-state index in [4.69, 9.17) is 11.6 Å². The van der Waals surface area contributed by atoms with E-state index in [0.29, 0.717) is 18.8 Å². The van der Waals surface area contributed by atoms with E-state index in [1.54, 1.807) is 6.92 Å². The minimum atomic E-state index is -3.42. The van der Waals surface area contributed by atoms with Crippen LogP contribution in [0.25, 0.3) is 0 Å². The van der Waals surface area contributed by atoms with Crippen LogP contribution in [0.1, 0.15) is 5.69 Å². The van der Waals surface area contributed by atoms with Crippen molar-refractivity contribution in [3.05, 3.63) is 10.2 Å². The summed E-state index contributed by atoms with van der Waals surface area (Å²) in [6.07, 6.45) is 0. The molecule has 0 spiro atoms. The molecule has 1 aliphatic heterocycles. The fraction of sp³-hybridized carbons (Fsp3) is 0.667. The molecule has 8 heteroatoms. The highest BCUT2D eigenvalue weighted by Crippen LogP contribution is 2.29. The lowest BCUT2D eigenvalue weighted by Crippen LogP contribution is -2.46. The molecule has 17 heavy (non-hydrogen) atoms. The third-order valence-electron chi connectivity index (χ3n) is 2.76. The van der Waals surface area contributed by atoms with Gasteiger partial charge in [0.25, 0.3) is 10.0 Å². The summed E-state index contributed by atoms with van der Waals surface area (Å²) >= 11 is 6.78. The Bertz CT molecular complexity index is 506. The van der Waals surface area contributed by atoms with Gasteiger partial charge in [0, 0.05) is 26.2 Å². The fourth-order valence-electron chi connectivity index (χ4n) is 1.74. The van der Waals surface area contributed by atoms with E-state index in [-0.39, 0.29) is 8.68 Å². The zero-order valence-electron chi connectivity index (χ0n) is 9.68. The van der Waals surface area contributed by atoms with Crippen LogP contribution < -0.4 is 0 Å². The Balaban J connectivity index is 2.28. The van der Waals surface area contributed by atoms with Crippen LogP contribution in [0.3, 0.4) is 0 Å². The average Bonchev–Trinajstić information content (AvgIpc) is 2.59. The van der Waals surface area contributed by atoms with Gasteiger partial charge in [0.15, 0.2) is 8.68 Å². The van der Waals surface area contributed by atoms with Crippen molar-refractivity contribution in [1.82, 2.24) is 14.2 Å². The molecule has 1 aromatic heterocycles. The highest BCUT2D eigenvalue weighted by atomic mass is 35.5. The molecule has 0 atom stereocenters. The predicted molar refractivity (Wildman–Crippen MR) is 68.1 cm³/mol. The summed E-state index contributed by atoms with van der Waals surface area (Å²) in [4.78, 5) is 6.06. The molecule has 1 saturated heterocycles. The van der Waals surface area contributed by atoms with Gasteiger partial charge in [-0.3, -0.25) is 0 Å². The highest BCUT2D eigenvalue weighted by molar-refractivity contribution is 7.91. The maximum Gasteiger partial charge on any atom is 0.254 e. The molecular weight excluding hydrogens is 282 g/mol. The normalized spacial score (nSPS) is 19.7. The van der Waals surface area contributed by atoms with Crippen LogP contribution in [0.4, 0.5) is 0 Å². The fourth-order valence-corrected chi connectivity index (χ4v) is 5.03. The molecule has 5 nitrogen and oxygen atoms in total. The minimum absolute atomic E-state index is 0.270. The van der Waals surface area contributed by atoms with E-state index in [1.807, 2.05) is 7.05 Å². The number of aryl methyl sites for hydroxylation is 1. The molecule has 1 aliphatic rings. The van der Waals surface area contributed by atoms with Gasteiger partial charge in [-0.25, -0.2) is 13.4 Å². The number of rotatable bonds is 2. The summed E-state index contributed by atoms with van der Waals surface area (Å²) in [7, 11) is -1.43. The van der Waals surface area contributed by atoms with Crippen molar-refractivity contribution >= 4 is 33.0 Å². The number of thiazole rings is 1. The number of sulfonamides is 1. The minimum Gasteiger partial charge on any atom is -0.304 e. The summed E-state index contributed by atoms with van der Waals surface area (Å²) in [5, 5.41) is 0. The molecule has 1 aromatic rings. The summed E-state index contributed by atoms with van der Waals surface area (Å²) in [5.41, 5.74) is 0.485. The SMILES string of the molecule is Cc1nc(Cl)sc1S(=O)(=O)N1CCN(C)CC1. The van der Waals surface area contributed by atoms with Crippen molar-refractivity contribution in [2.75, 3.05) is 33.2 Å². The molecule has 0 aliphatic carbocycles. The van der Waals surface area contributed by atoms with Gasteiger partial charge in [-0.15, -0.1) is 0 Å². The summed E-state index contributed by atoms with van der Waals surface area (Å²) in [5.74, 6) is 0. The maximum absolute atomic E-state index is 12.3. The Morgan fingerprint density at radius 2 is 1.88 bits per heavy atom. The van der Waals surface area contributed by atoms with E-state index in [9.17, 15) is 8.42 Å². The van der Waals surface area contributed by atoms with Crippen molar-refractivity contribution in [3.63, 3.8) is 0 Å². The van der Waals surface area contributed by atoms with Crippen LogP contribution in [0.5, 0.6) is 0 Å². The molecule has 0 amide bonds. The lowest BCUT2D eigenvalue weighted by atomic mass is 10.4. The van der Waals surface area contributed by atoms with Crippen LogP contribution in [0.2, 0.25) is 4.47 Å². The monoisotopic (exact) mass is 295 g/mol. The second kappa shape index (κ2) is 4.81. The molecular formula is C9H14ClN3O2S2. The van der Waals surface area contributed by atoms with Crippen LogP contribution >= 0.6 is 22.9 Å². The number of hydrogen-bond acceptors (Lipinski definition) is 5. The number of piperazine rings is 1. The number of hydrogen-bond donors (Lipinski definition) is 0. The van der Waals surface area contributed by atoms with Gasteiger partial charge in [0.2, 0.25) is 0 Å². The lowest BCUT2D eigenvalue weighted by Gasteiger charge is -2.31. The number of likely N-dealkylation sites (N-methyl/N-ethyl adjacent to an activating group) is 1. The van der Waals surface area contributed by atoms with Crippen molar-refractivity contribution in [1.29, 1.82) is 0 Å². The smallest absolute Gasteiger partial charge is 0.254 e. The second-order valence-corrected chi connectivity index (χ2v) is 7.76. The molecule has 0 unspecified atom stereocenters. The molecule has 96 valence electrons. The van der Waals surface area contributed by atoms with E-state index in [1.165, 1.54) is 4.31 Å². The van der Waals surface area contributed by atoms with Crippen molar-refractivity contribution in [2.24, 2.45) is 0 Å². The topological polar surface area (TPSA) is 53.5 Å². The van der Waals surface area contributed by atoms with E-state index < -0.39 is 10.0 Å².